The van der Waals surface area contributed by atoms with Crippen LogP contribution in [0.5, 0.6) is 0 Å². The third kappa shape index (κ3) is 2.96. The molecule has 21 heavy (non-hydrogen) atoms. The van der Waals surface area contributed by atoms with E-state index in [9.17, 15) is 4.79 Å². The van der Waals surface area contributed by atoms with E-state index in [1.807, 2.05) is 18.0 Å². The van der Waals surface area contributed by atoms with Gasteiger partial charge in [0.2, 0.25) is 11.8 Å². The fourth-order valence-corrected chi connectivity index (χ4v) is 2.73. The van der Waals surface area contributed by atoms with Crippen LogP contribution in [0.3, 0.4) is 0 Å². The van der Waals surface area contributed by atoms with Crippen molar-refractivity contribution >= 4 is 5.91 Å². The molecule has 0 aliphatic carbocycles. The van der Waals surface area contributed by atoms with Crippen LogP contribution in [-0.4, -0.2) is 37.3 Å². The van der Waals surface area contributed by atoms with Crippen LogP contribution in [0.2, 0.25) is 0 Å². The van der Waals surface area contributed by atoms with E-state index in [2.05, 4.69) is 15.2 Å². The van der Waals surface area contributed by atoms with E-state index in [1.54, 1.807) is 17.8 Å². The molecule has 0 unspecified atom stereocenters. The summed E-state index contributed by atoms with van der Waals surface area (Å²) < 4.78 is 6.83. The van der Waals surface area contributed by atoms with E-state index in [4.69, 9.17) is 4.52 Å². The van der Waals surface area contributed by atoms with Crippen molar-refractivity contribution in [3.05, 3.63) is 29.7 Å². The summed E-state index contributed by atoms with van der Waals surface area (Å²) in [5.74, 6) is 1.28. The molecule has 7 nitrogen and oxygen atoms in total. The number of hydrogen-bond donors (Lipinski definition) is 0. The lowest BCUT2D eigenvalue weighted by atomic mass is 10.2. The molecule has 7 heteroatoms. The number of carbonyl (C=O) groups excluding carboxylic acids is 1. The van der Waals surface area contributed by atoms with Crippen LogP contribution in [0, 0.1) is 13.8 Å². The summed E-state index contributed by atoms with van der Waals surface area (Å²) in [4.78, 5) is 18.5. The van der Waals surface area contributed by atoms with Gasteiger partial charge in [0.25, 0.3) is 0 Å². The third-order valence-electron chi connectivity index (χ3n) is 3.73. The maximum absolute atomic E-state index is 12.4. The van der Waals surface area contributed by atoms with Gasteiger partial charge in [0.15, 0.2) is 5.82 Å². The largest absolute Gasteiger partial charge is 0.340 e. The molecule has 1 amide bonds. The summed E-state index contributed by atoms with van der Waals surface area (Å²) in [7, 11) is 0. The lowest BCUT2D eigenvalue weighted by molar-refractivity contribution is -0.132. The number of hydrogen-bond acceptors (Lipinski definition) is 5. The smallest absolute Gasteiger partial charge is 0.225 e. The molecule has 0 radical (unpaired) electrons. The van der Waals surface area contributed by atoms with Crippen molar-refractivity contribution in [2.75, 3.05) is 6.54 Å². The van der Waals surface area contributed by atoms with Gasteiger partial charge in [0.1, 0.15) is 0 Å². The van der Waals surface area contributed by atoms with Gasteiger partial charge in [-0.1, -0.05) is 5.16 Å². The number of aryl methyl sites for hydroxylation is 3. The molecule has 112 valence electrons. The lowest BCUT2D eigenvalue weighted by Crippen LogP contribution is -2.31. The molecule has 2 aromatic rings. The van der Waals surface area contributed by atoms with Crippen LogP contribution >= 0.6 is 0 Å². The summed E-state index contributed by atoms with van der Waals surface area (Å²) >= 11 is 0. The van der Waals surface area contributed by atoms with Crippen molar-refractivity contribution in [3.63, 3.8) is 0 Å². The van der Waals surface area contributed by atoms with Crippen molar-refractivity contribution in [2.45, 2.75) is 45.7 Å². The van der Waals surface area contributed by atoms with Gasteiger partial charge >= 0.3 is 0 Å². The number of carbonyl (C=O) groups is 1. The Kier molecular flexibility index (Phi) is 3.72. The average Bonchev–Trinajstić information content (AvgIpc) is 3.16. The fraction of sp³-hybridized carbons (Fsp3) is 0.571. The molecule has 0 aromatic carbocycles. The highest BCUT2D eigenvalue weighted by Gasteiger charge is 2.32. The van der Waals surface area contributed by atoms with Crippen LogP contribution in [0.4, 0.5) is 0 Å². The van der Waals surface area contributed by atoms with Gasteiger partial charge in [-0.25, -0.2) is 0 Å². The zero-order valence-corrected chi connectivity index (χ0v) is 12.3. The first-order valence-electron chi connectivity index (χ1n) is 7.22. The van der Waals surface area contributed by atoms with Crippen LogP contribution < -0.4 is 0 Å². The molecule has 0 spiro atoms. The Hall–Kier alpha value is -2.18. The summed E-state index contributed by atoms with van der Waals surface area (Å²) in [6.45, 7) is 5.11. The second kappa shape index (κ2) is 5.67. The van der Waals surface area contributed by atoms with Gasteiger partial charge in [0, 0.05) is 32.6 Å². The molecule has 1 aliphatic rings. The maximum atomic E-state index is 12.4. The molecule has 1 atom stereocenters. The molecule has 3 rings (SSSR count). The minimum atomic E-state index is -0.0469. The maximum Gasteiger partial charge on any atom is 0.225 e. The van der Waals surface area contributed by atoms with Crippen LogP contribution in [0.1, 0.15) is 42.6 Å². The second-order valence-electron chi connectivity index (χ2n) is 5.45. The molecule has 0 N–H and O–H groups in total. The first kappa shape index (κ1) is 13.8. The highest BCUT2D eigenvalue weighted by atomic mass is 16.5. The summed E-state index contributed by atoms with van der Waals surface area (Å²) in [6.07, 6.45) is 6.05. The highest BCUT2D eigenvalue weighted by molar-refractivity contribution is 5.76. The normalized spacial score (nSPS) is 18.4. The molecule has 3 heterocycles. The van der Waals surface area contributed by atoms with Gasteiger partial charge in [0.05, 0.1) is 12.2 Å². The molecule has 0 bridgehead atoms. The summed E-state index contributed by atoms with van der Waals surface area (Å²) in [5, 5.41) is 8.16. The predicted molar refractivity (Wildman–Crippen MR) is 74.3 cm³/mol. The molecular weight excluding hydrogens is 270 g/mol. The molecule has 1 aliphatic heterocycles. The number of aromatic nitrogens is 4. The Morgan fingerprint density at radius 1 is 1.48 bits per heavy atom. The van der Waals surface area contributed by atoms with E-state index in [-0.39, 0.29) is 11.9 Å². The molecule has 0 saturated carbocycles. The quantitative estimate of drug-likeness (QED) is 0.855. The van der Waals surface area contributed by atoms with E-state index in [0.717, 1.165) is 24.9 Å². The number of amides is 1. The highest BCUT2D eigenvalue weighted by Crippen LogP contribution is 2.30. The standard InChI is InChI=1S/C14H19N5O2/c1-10-8-15-18(9-10)7-5-13(20)19-6-3-4-12(19)14-16-11(2)21-17-14/h8-9,12H,3-7H2,1-2H3/t12-/m0/s1. The van der Waals surface area contributed by atoms with Crippen molar-refractivity contribution in [2.24, 2.45) is 0 Å². The molecular formula is C14H19N5O2. The zero-order valence-electron chi connectivity index (χ0n) is 12.3. The second-order valence-corrected chi connectivity index (χ2v) is 5.45. The van der Waals surface area contributed by atoms with Crippen molar-refractivity contribution < 1.29 is 9.32 Å². The monoisotopic (exact) mass is 289 g/mol. The minimum Gasteiger partial charge on any atom is -0.340 e. The topological polar surface area (TPSA) is 77.0 Å². The van der Waals surface area contributed by atoms with Gasteiger partial charge in [-0.3, -0.25) is 9.48 Å². The van der Waals surface area contributed by atoms with Crippen molar-refractivity contribution in [1.29, 1.82) is 0 Å². The number of rotatable bonds is 4. The van der Waals surface area contributed by atoms with Gasteiger partial charge in [-0.15, -0.1) is 0 Å². The Balaban J connectivity index is 1.63. The SMILES string of the molecule is Cc1cnn(CCC(=O)N2CCC[C@H]2c2noc(C)n2)c1. The predicted octanol–water partition coefficient (Wildman–Crippen LogP) is 1.64. The zero-order chi connectivity index (χ0) is 14.8. The average molecular weight is 289 g/mol. The fourth-order valence-electron chi connectivity index (χ4n) is 2.73. The number of likely N-dealkylation sites (tertiary alicyclic amines) is 1. The Morgan fingerprint density at radius 3 is 3.00 bits per heavy atom. The van der Waals surface area contributed by atoms with Gasteiger partial charge < -0.3 is 9.42 Å². The molecule has 1 saturated heterocycles. The lowest BCUT2D eigenvalue weighted by Gasteiger charge is -2.22. The van der Waals surface area contributed by atoms with Crippen molar-refractivity contribution in [3.8, 4) is 0 Å². The Labute approximate surface area is 122 Å². The van der Waals surface area contributed by atoms with Gasteiger partial charge in [-0.05, 0) is 25.3 Å². The number of nitrogens with zero attached hydrogens (tertiary/aromatic N) is 5. The Bertz CT molecular complexity index is 633. The van der Waals surface area contributed by atoms with E-state index in [0.29, 0.717) is 24.7 Å². The minimum absolute atomic E-state index is 0.0469. The summed E-state index contributed by atoms with van der Waals surface area (Å²) in [6, 6.07) is -0.0469. The van der Waals surface area contributed by atoms with E-state index < -0.39 is 0 Å². The first-order valence-corrected chi connectivity index (χ1v) is 7.22. The first-order chi connectivity index (χ1) is 10.1. The Morgan fingerprint density at radius 2 is 2.33 bits per heavy atom. The van der Waals surface area contributed by atoms with Crippen molar-refractivity contribution in [1.82, 2.24) is 24.8 Å². The van der Waals surface area contributed by atoms with Crippen LogP contribution in [0.15, 0.2) is 16.9 Å². The van der Waals surface area contributed by atoms with Gasteiger partial charge in [-0.2, -0.15) is 10.1 Å². The molecule has 2 aromatic heterocycles. The van der Waals surface area contributed by atoms with E-state index in [1.165, 1.54) is 0 Å². The van der Waals surface area contributed by atoms with Crippen LogP contribution in [0.25, 0.3) is 0 Å². The molecule has 1 fully saturated rings. The third-order valence-corrected chi connectivity index (χ3v) is 3.73. The summed E-state index contributed by atoms with van der Waals surface area (Å²) in [5.41, 5.74) is 1.10. The van der Waals surface area contributed by atoms with Crippen LogP contribution in [-0.2, 0) is 11.3 Å². The van der Waals surface area contributed by atoms with E-state index >= 15 is 0 Å².